The highest BCUT2D eigenvalue weighted by Gasteiger charge is 2.33. The number of nitrogens with zero attached hydrogens (tertiary/aromatic N) is 3. The predicted molar refractivity (Wildman–Crippen MR) is 127 cm³/mol. The van der Waals surface area contributed by atoms with E-state index in [2.05, 4.69) is 0 Å². The van der Waals surface area contributed by atoms with Crippen molar-refractivity contribution in [3.05, 3.63) is 58.7 Å². The van der Waals surface area contributed by atoms with Gasteiger partial charge in [-0.1, -0.05) is 35.4 Å². The quantitative estimate of drug-likeness (QED) is 0.614. The molecule has 0 radical (unpaired) electrons. The van der Waals surface area contributed by atoms with E-state index in [1.807, 2.05) is 26.0 Å². The van der Waals surface area contributed by atoms with E-state index in [0.29, 0.717) is 16.0 Å². The maximum Gasteiger partial charge on any atom is 0.243 e. The van der Waals surface area contributed by atoms with Gasteiger partial charge < -0.3 is 4.90 Å². The molecule has 1 fully saturated rings. The summed E-state index contributed by atoms with van der Waals surface area (Å²) in [6.45, 7) is 7.81. The predicted octanol–water partition coefficient (Wildman–Crippen LogP) is 2.07. The fourth-order valence-electron chi connectivity index (χ4n) is 4.15. The van der Waals surface area contributed by atoms with Gasteiger partial charge in [0.15, 0.2) is 0 Å². The van der Waals surface area contributed by atoms with Crippen molar-refractivity contribution >= 4 is 26.0 Å². The van der Waals surface area contributed by atoms with Crippen molar-refractivity contribution in [2.24, 2.45) is 0 Å². The molecule has 0 unspecified atom stereocenters. The Morgan fingerprint density at radius 2 is 1.36 bits per heavy atom. The Kier molecular flexibility index (Phi) is 7.33. The number of carbonyl (C=O) groups is 1. The molecule has 1 aliphatic heterocycles. The van der Waals surface area contributed by atoms with Gasteiger partial charge in [0.25, 0.3) is 0 Å². The standard InChI is InChI=1S/C23H31N3O5S2/c1-17-6-8-21(9-7-17)32(28,29)24(5)16-22(27)25-10-12-26(13-11-25)33(30,31)23-19(3)14-18(2)15-20(23)4/h6-9,14-15H,10-13,16H2,1-5H3. The molecule has 0 N–H and O–H groups in total. The summed E-state index contributed by atoms with van der Waals surface area (Å²) in [4.78, 5) is 14.7. The third kappa shape index (κ3) is 5.29. The summed E-state index contributed by atoms with van der Waals surface area (Å²) in [7, 11) is -6.11. The van der Waals surface area contributed by atoms with Crippen molar-refractivity contribution in [3.8, 4) is 0 Å². The first-order valence-electron chi connectivity index (χ1n) is 10.7. The third-order valence-corrected chi connectivity index (χ3v) is 9.90. The lowest BCUT2D eigenvalue weighted by Crippen LogP contribution is -2.52. The lowest BCUT2D eigenvalue weighted by Gasteiger charge is -2.35. The number of sulfonamides is 2. The van der Waals surface area contributed by atoms with Crippen molar-refractivity contribution in [1.29, 1.82) is 0 Å². The maximum atomic E-state index is 13.2. The first kappa shape index (κ1) is 25.4. The van der Waals surface area contributed by atoms with E-state index < -0.39 is 20.0 Å². The summed E-state index contributed by atoms with van der Waals surface area (Å²) in [6, 6.07) is 10.2. The summed E-state index contributed by atoms with van der Waals surface area (Å²) in [5.41, 5.74) is 3.35. The smallest absolute Gasteiger partial charge is 0.243 e. The fourth-order valence-corrected chi connectivity index (χ4v) is 7.10. The number of hydrogen-bond donors (Lipinski definition) is 0. The highest BCUT2D eigenvalue weighted by molar-refractivity contribution is 7.89. The number of rotatable bonds is 6. The van der Waals surface area contributed by atoms with E-state index in [1.165, 1.54) is 28.4 Å². The van der Waals surface area contributed by atoms with Crippen molar-refractivity contribution in [2.45, 2.75) is 37.5 Å². The number of hydrogen-bond acceptors (Lipinski definition) is 5. The first-order valence-corrected chi connectivity index (χ1v) is 13.6. The molecule has 180 valence electrons. The molecular formula is C23H31N3O5S2. The van der Waals surface area contributed by atoms with Crippen LogP contribution in [-0.4, -0.2) is 76.0 Å². The fraction of sp³-hybridized carbons (Fsp3) is 0.435. The van der Waals surface area contributed by atoms with Crippen LogP contribution in [0.2, 0.25) is 0 Å². The van der Waals surface area contributed by atoms with Gasteiger partial charge in [-0.05, 0) is 51.0 Å². The van der Waals surface area contributed by atoms with Crippen LogP contribution >= 0.6 is 0 Å². The third-order valence-electron chi connectivity index (χ3n) is 5.88. The highest BCUT2D eigenvalue weighted by Crippen LogP contribution is 2.26. The molecule has 0 atom stereocenters. The second-order valence-corrected chi connectivity index (χ2v) is 12.5. The van der Waals surface area contributed by atoms with E-state index in [1.54, 1.807) is 26.0 Å². The zero-order valence-electron chi connectivity index (χ0n) is 19.7. The molecule has 2 aromatic carbocycles. The Morgan fingerprint density at radius 1 is 0.848 bits per heavy atom. The van der Waals surface area contributed by atoms with E-state index in [0.717, 1.165) is 15.4 Å². The first-order chi connectivity index (χ1) is 15.3. The van der Waals surface area contributed by atoms with Gasteiger partial charge in [0.1, 0.15) is 0 Å². The number of piperazine rings is 1. The molecule has 1 saturated heterocycles. The maximum absolute atomic E-state index is 13.2. The Bertz CT molecular complexity index is 1220. The Labute approximate surface area is 196 Å². The van der Waals surface area contributed by atoms with Crippen molar-refractivity contribution in [1.82, 2.24) is 13.5 Å². The molecule has 2 aromatic rings. The zero-order valence-corrected chi connectivity index (χ0v) is 21.3. The lowest BCUT2D eigenvalue weighted by atomic mass is 10.1. The molecule has 1 amide bonds. The molecule has 10 heteroatoms. The summed E-state index contributed by atoms with van der Waals surface area (Å²) < 4.78 is 54.4. The van der Waals surface area contributed by atoms with Crippen LogP contribution in [0.5, 0.6) is 0 Å². The minimum atomic E-state index is -3.79. The van der Waals surface area contributed by atoms with Crippen LogP contribution in [0.3, 0.4) is 0 Å². The van der Waals surface area contributed by atoms with Gasteiger partial charge >= 0.3 is 0 Å². The molecule has 8 nitrogen and oxygen atoms in total. The van der Waals surface area contributed by atoms with Crippen LogP contribution in [0.1, 0.15) is 22.3 Å². The molecule has 0 saturated carbocycles. The van der Waals surface area contributed by atoms with Crippen LogP contribution in [0, 0.1) is 27.7 Å². The number of carbonyl (C=O) groups excluding carboxylic acids is 1. The molecule has 1 heterocycles. The van der Waals surface area contributed by atoms with Crippen LogP contribution in [0.25, 0.3) is 0 Å². The van der Waals surface area contributed by atoms with E-state index in [-0.39, 0.29) is 43.5 Å². The molecule has 0 bridgehead atoms. The SMILES string of the molecule is Cc1ccc(S(=O)(=O)N(C)CC(=O)N2CCN(S(=O)(=O)c3c(C)cc(C)cc3C)CC2)cc1. The summed E-state index contributed by atoms with van der Waals surface area (Å²) in [5, 5.41) is 0. The van der Waals surface area contributed by atoms with Crippen molar-refractivity contribution < 1.29 is 21.6 Å². The Hall–Kier alpha value is -2.27. The minimum Gasteiger partial charge on any atom is -0.339 e. The summed E-state index contributed by atoms with van der Waals surface area (Å²) >= 11 is 0. The van der Waals surface area contributed by atoms with Gasteiger partial charge in [0.05, 0.1) is 16.3 Å². The van der Waals surface area contributed by atoms with Crippen LogP contribution in [-0.2, 0) is 24.8 Å². The minimum absolute atomic E-state index is 0.128. The van der Waals surface area contributed by atoms with Crippen LogP contribution < -0.4 is 0 Å². The van der Waals surface area contributed by atoms with Gasteiger partial charge in [0.2, 0.25) is 26.0 Å². The molecular weight excluding hydrogens is 462 g/mol. The summed E-state index contributed by atoms with van der Waals surface area (Å²) in [5.74, 6) is -0.354. The normalized spacial score (nSPS) is 15.8. The average Bonchev–Trinajstić information content (AvgIpc) is 2.73. The molecule has 0 spiro atoms. The molecule has 3 rings (SSSR count). The number of benzene rings is 2. The Morgan fingerprint density at radius 3 is 1.88 bits per heavy atom. The second kappa shape index (κ2) is 9.54. The Balaban J connectivity index is 1.66. The molecule has 1 aliphatic rings. The largest absolute Gasteiger partial charge is 0.339 e. The highest BCUT2D eigenvalue weighted by atomic mass is 32.2. The number of aryl methyl sites for hydroxylation is 4. The zero-order chi connectivity index (χ0) is 24.6. The van der Waals surface area contributed by atoms with Gasteiger partial charge in [-0.3, -0.25) is 4.79 Å². The number of likely N-dealkylation sites (N-methyl/N-ethyl adjacent to an activating group) is 1. The van der Waals surface area contributed by atoms with Crippen LogP contribution in [0.15, 0.2) is 46.2 Å². The molecule has 0 aromatic heterocycles. The van der Waals surface area contributed by atoms with Crippen molar-refractivity contribution in [3.63, 3.8) is 0 Å². The molecule has 0 aliphatic carbocycles. The topological polar surface area (TPSA) is 95.1 Å². The molecule has 33 heavy (non-hydrogen) atoms. The lowest BCUT2D eigenvalue weighted by molar-refractivity contribution is -0.132. The van der Waals surface area contributed by atoms with Gasteiger partial charge in [-0.15, -0.1) is 0 Å². The average molecular weight is 494 g/mol. The van der Waals surface area contributed by atoms with E-state index >= 15 is 0 Å². The van der Waals surface area contributed by atoms with E-state index in [9.17, 15) is 21.6 Å². The van der Waals surface area contributed by atoms with Gasteiger partial charge in [-0.2, -0.15) is 8.61 Å². The van der Waals surface area contributed by atoms with Crippen molar-refractivity contribution in [2.75, 3.05) is 39.8 Å². The van der Waals surface area contributed by atoms with Gasteiger partial charge in [-0.25, -0.2) is 16.8 Å². The second-order valence-electron chi connectivity index (χ2n) is 8.59. The van der Waals surface area contributed by atoms with E-state index in [4.69, 9.17) is 0 Å². The number of amides is 1. The van der Waals surface area contributed by atoms with Crippen LogP contribution in [0.4, 0.5) is 0 Å². The van der Waals surface area contributed by atoms with Gasteiger partial charge in [0, 0.05) is 33.2 Å². The summed E-state index contributed by atoms with van der Waals surface area (Å²) in [6.07, 6.45) is 0. The monoisotopic (exact) mass is 493 g/mol.